The van der Waals surface area contributed by atoms with Crippen molar-refractivity contribution in [2.45, 2.75) is 0 Å². The topological polar surface area (TPSA) is 0 Å². The summed E-state index contributed by atoms with van der Waals surface area (Å²) in [4.78, 5) is 0. The van der Waals surface area contributed by atoms with Crippen LogP contribution in [0, 0.1) is 0 Å². The zero-order valence-corrected chi connectivity index (χ0v) is 17.4. The third-order valence-electron chi connectivity index (χ3n) is 1.48. The van der Waals surface area contributed by atoms with Crippen LogP contribution >= 0.6 is 95.4 Å². The Morgan fingerprint density at radius 2 is 0.765 bits per heavy atom. The van der Waals surface area contributed by atoms with Gasteiger partial charge in [0.05, 0.1) is 0 Å². The number of rotatable bonds is 12. The van der Waals surface area contributed by atoms with Gasteiger partial charge in [-0.15, -0.1) is 0 Å². The molecule has 17 heavy (non-hydrogen) atoms. The van der Waals surface area contributed by atoms with Crippen molar-refractivity contribution in [1.29, 1.82) is 0 Å². The summed E-state index contributed by atoms with van der Waals surface area (Å²) in [5.74, 6) is 8.44. The van der Waals surface area contributed by atoms with E-state index in [2.05, 4.69) is 95.4 Å². The van der Waals surface area contributed by atoms with E-state index in [-0.39, 0.29) is 0 Å². The van der Waals surface area contributed by atoms with E-state index in [9.17, 15) is 0 Å². The van der Waals surface area contributed by atoms with Crippen LogP contribution in [0.4, 0.5) is 0 Å². The van der Waals surface area contributed by atoms with Crippen LogP contribution in [0.3, 0.4) is 0 Å². The fraction of sp³-hybridized carbons (Fsp3) is 1.00. The summed E-state index contributed by atoms with van der Waals surface area (Å²) >= 11 is 25.9. The molecule has 0 atom stereocenters. The van der Waals surface area contributed by atoms with E-state index >= 15 is 0 Å². The quantitative estimate of drug-likeness (QED) is 0.288. The predicted molar refractivity (Wildman–Crippen MR) is 111 cm³/mol. The zero-order chi connectivity index (χ0) is 13.0. The summed E-state index contributed by atoms with van der Waals surface area (Å²) in [6.07, 6.45) is 0. The molecule has 0 spiro atoms. The Balaban J connectivity index is 4.39. The molecule has 0 amide bonds. The smallest absolute Gasteiger partial charge is 0.179 e. The van der Waals surface area contributed by atoms with Crippen LogP contribution in [0.5, 0.6) is 0 Å². The first-order chi connectivity index (χ1) is 8.24. The summed E-state index contributed by atoms with van der Waals surface area (Å²) in [6.45, 7) is 0. The molecule has 0 aliphatic carbocycles. The van der Waals surface area contributed by atoms with E-state index in [1.165, 1.54) is 0 Å². The maximum atomic E-state index is 4.33. The molecule has 0 N–H and O–H groups in total. The van der Waals surface area contributed by atoms with Gasteiger partial charge in [-0.3, -0.25) is 0 Å². The van der Waals surface area contributed by atoms with Crippen molar-refractivity contribution in [3.05, 3.63) is 0 Å². The van der Waals surface area contributed by atoms with Gasteiger partial charge in [0.1, 0.15) is 0 Å². The lowest BCUT2D eigenvalue weighted by Gasteiger charge is -2.28. The summed E-state index contributed by atoms with van der Waals surface area (Å²) in [7, 11) is 0. The molecule has 0 aromatic heterocycles. The molecule has 0 saturated heterocycles. The molecule has 0 heterocycles. The minimum absolute atomic E-state index is 0.962. The van der Waals surface area contributed by atoms with Crippen LogP contribution in [0.2, 0.25) is 0 Å². The van der Waals surface area contributed by atoms with Gasteiger partial charge in [0, 0.05) is 0 Å². The maximum Gasteiger partial charge on any atom is 0.300 e. The lowest BCUT2D eigenvalue weighted by atomic mass is 11.0. The fourth-order valence-corrected chi connectivity index (χ4v) is 25.2. The SMILES string of the molecule is SCCS[Si](SCCS)(SCCS)SCCS. The normalized spacial score (nSPS) is 12.0. The van der Waals surface area contributed by atoms with Gasteiger partial charge in [-0.25, -0.2) is 0 Å². The van der Waals surface area contributed by atoms with Crippen molar-refractivity contribution in [2.75, 3.05) is 46.0 Å². The van der Waals surface area contributed by atoms with Crippen LogP contribution in [-0.2, 0) is 0 Å². The Labute approximate surface area is 144 Å². The Morgan fingerprint density at radius 1 is 0.529 bits per heavy atom. The van der Waals surface area contributed by atoms with Crippen LogP contribution in [0.25, 0.3) is 0 Å². The molecule has 0 aromatic rings. The van der Waals surface area contributed by atoms with Crippen molar-refractivity contribution in [1.82, 2.24) is 0 Å². The summed E-state index contributed by atoms with van der Waals surface area (Å²) in [5.41, 5.74) is 0. The maximum absolute atomic E-state index is 4.33. The summed E-state index contributed by atoms with van der Waals surface area (Å²) in [6, 6.07) is 0. The van der Waals surface area contributed by atoms with E-state index < -0.39 is 4.67 Å². The summed E-state index contributed by atoms with van der Waals surface area (Å²) in [5, 5.41) is 0. The molecular weight excluding hydrogens is 381 g/mol. The van der Waals surface area contributed by atoms with Gasteiger partial charge in [0.15, 0.2) is 0 Å². The molecule has 0 rings (SSSR count). The molecule has 0 aliphatic rings. The van der Waals surface area contributed by atoms with Crippen molar-refractivity contribution in [3.63, 3.8) is 0 Å². The molecule has 0 aliphatic heterocycles. The van der Waals surface area contributed by atoms with Crippen LogP contribution in [0.15, 0.2) is 0 Å². The van der Waals surface area contributed by atoms with Gasteiger partial charge < -0.3 is 0 Å². The van der Waals surface area contributed by atoms with Gasteiger partial charge in [-0.2, -0.15) is 95.4 Å². The first-order valence-corrected chi connectivity index (χ1v) is 16.6. The minimum atomic E-state index is -1.41. The van der Waals surface area contributed by atoms with Crippen LogP contribution in [-0.4, -0.2) is 50.7 Å². The van der Waals surface area contributed by atoms with E-state index in [4.69, 9.17) is 0 Å². The number of hydrogen-bond donors (Lipinski definition) is 4. The molecule has 0 radical (unpaired) electrons. The Hall–Kier alpha value is 3.02. The molecule has 0 unspecified atom stereocenters. The Bertz CT molecular complexity index is 132. The molecule has 0 bridgehead atoms. The molecule has 0 saturated carbocycles. The highest BCUT2D eigenvalue weighted by Crippen LogP contribution is 2.50. The Kier molecular flexibility index (Phi) is 16.5. The third kappa shape index (κ3) is 10.4. The van der Waals surface area contributed by atoms with Crippen molar-refractivity contribution < 1.29 is 0 Å². The molecule has 0 fully saturated rings. The standard InChI is InChI=1S/C8H20S8Si/c9-1-5-13-17(14-6-2-10,15-7-3-11)16-8-4-12/h9-12H,1-8H2. The van der Waals surface area contributed by atoms with Gasteiger partial charge in [0.25, 0.3) is 0 Å². The van der Waals surface area contributed by atoms with E-state index in [1.54, 1.807) is 0 Å². The molecule has 0 aromatic carbocycles. The van der Waals surface area contributed by atoms with Gasteiger partial charge in [0.2, 0.25) is 0 Å². The first-order valence-electron chi connectivity index (χ1n) is 5.24. The lowest BCUT2D eigenvalue weighted by molar-refractivity contribution is 1.57. The molecule has 104 valence electrons. The second kappa shape index (κ2) is 14.0. The van der Waals surface area contributed by atoms with Crippen molar-refractivity contribution in [3.8, 4) is 0 Å². The highest BCUT2D eigenvalue weighted by Gasteiger charge is 2.35. The van der Waals surface area contributed by atoms with E-state index in [1.807, 2.05) is 0 Å². The summed E-state index contributed by atoms with van der Waals surface area (Å²) < 4.78 is -1.41. The highest BCUT2D eigenvalue weighted by molar-refractivity contribution is 9.00. The van der Waals surface area contributed by atoms with E-state index in [0.29, 0.717) is 0 Å². The first kappa shape index (κ1) is 20.0. The van der Waals surface area contributed by atoms with Crippen molar-refractivity contribution in [2.24, 2.45) is 0 Å². The Morgan fingerprint density at radius 3 is 0.941 bits per heavy atom. The van der Waals surface area contributed by atoms with Gasteiger partial charge in [-0.05, 0) is 46.0 Å². The monoisotopic (exact) mass is 400 g/mol. The lowest BCUT2D eigenvalue weighted by Crippen LogP contribution is -2.22. The number of thiol groups is 4. The second-order valence-electron chi connectivity index (χ2n) is 2.79. The average Bonchev–Trinajstić information content (AvgIpc) is 2.37. The average molecular weight is 401 g/mol. The van der Waals surface area contributed by atoms with E-state index in [0.717, 1.165) is 46.0 Å². The fourth-order valence-electron chi connectivity index (χ4n) is 0.933. The molecular formula is C8H20S8Si. The second-order valence-corrected chi connectivity index (χ2v) is 23.8. The largest absolute Gasteiger partial charge is 0.300 e. The predicted octanol–water partition coefficient (Wildman–Crippen LogP) is 4.07. The van der Waals surface area contributed by atoms with Gasteiger partial charge >= 0.3 is 4.67 Å². The third-order valence-corrected chi connectivity index (χ3v) is 26.1. The zero-order valence-electron chi connectivity index (χ0n) is 9.58. The molecule has 9 heteroatoms. The van der Waals surface area contributed by atoms with Crippen LogP contribution in [0.1, 0.15) is 0 Å². The van der Waals surface area contributed by atoms with Gasteiger partial charge in [-0.1, -0.05) is 0 Å². The minimum Gasteiger partial charge on any atom is -0.179 e. The van der Waals surface area contributed by atoms with Crippen molar-refractivity contribution >= 4 is 100 Å². The molecule has 0 nitrogen and oxygen atoms in total. The number of hydrogen-bond acceptors (Lipinski definition) is 8. The highest BCUT2D eigenvalue weighted by atomic mass is 32.9. The van der Waals surface area contributed by atoms with Crippen LogP contribution < -0.4 is 0 Å².